The zero-order chi connectivity index (χ0) is 14.5. The fourth-order valence-electron chi connectivity index (χ4n) is 3.85. The summed E-state index contributed by atoms with van der Waals surface area (Å²) < 4.78 is 0. The Bertz CT molecular complexity index is 244. The molecule has 2 heteroatoms. The molecule has 0 radical (unpaired) electrons. The van der Waals surface area contributed by atoms with Crippen LogP contribution in [-0.4, -0.2) is 30.1 Å². The average Bonchev–Trinajstić information content (AvgIpc) is 2.54. The first-order chi connectivity index (χ1) is 8.90. The van der Waals surface area contributed by atoms with Gasteiger partial charge < -0.3 is 5.73 Å². The van der Waals surface area contributed by atoms with Crippen molar-refractivity contribution in [2.45, 2.75) is 85.2 Å². The molecule has 1 saturated heterocycles. The Morgan fingerprint density at radius 1 is 1.16 bits per heavy atom. The Morgan fingerprint density at radius 3 is 2.37 bits per heavy atom. The molecule has 3 unspecified atom stereocenters. The fraction of sp³-hybridized carbons (Fsp3) is 1.00. The minimum Gasteiger partial charge on any atom is -0.326 e. The molecule has 0 aliphatic carbocycles. The van der Waals surface area contributed by atoms with E-state index in [1.54, 1.807) is 0 Å². The van der Waals surface area contributed by atoms with Crippen molar-refractivity contribution in [3.8, 4) is 0 Å². The van der Waals surface area contributed by atoms with E-state index >= 15 is 0 Å². The minimum atomic E-state index is 0.278. The summed E-state index contributed by atoms with van der Waals surface area (Å²) in [5.41, 5.74) is 6.71. The van der Waals surface area contributed by atoms with Gasteiger partial charge in [0, 0.05) is 12.1 Å². The van der Waals surface area contributed by atoms with Crippen molar-refractivity contribution in [2.75, 3.05) is 13.1 Å². The van der Waals surface area contributed by atoms with Crippen LogP contribution < -0.4 is 5.73 Å². The van der Waals surface area contributed by atoms with Gasteiger partial charge in [-0.1, -0.05) is 47.5 Å². The fourth-order valence-corrected chi connectivity index (χ4v) is 3.85. The van der Waals surface area contributed by atoms with E-state index < -0.39 is 0 Å². The van der Waals surface area contributed by atoms with Crippen LogP contribution in [0.15, 0.2) is 0 Å². The zero-order valence-electron chi connectivity index (χ0n) is 13.9. The number of nitrogens with zero attached hydrogens (tertiary/aromatic N) is 1. The highest BCUT2D eigenvalue weighted by molar-refractivity contribution is 4.91. The molecule has 0 bridgehead atoms. The van der Waals surface area contributed by atoms with Gasteiger partial charge in [-0.2, -0.15) is 0 Å². The lowest BCUT2D eigenvalue weighted by molar-refractivity contribution is 0.0781. The second-order valence-corrected chi connectivity index (χ2v) is 7.50. The molecule has 0 amide bonds. The third-order valence-corrected chi connectivity index (χ3v) is 4.74. The van der Waals surface area contributed by atoms with Gasteiger partial charge in [-0.3, -0.25) is 4.90 Å². The molecule has 1 fully saturated rings. The van der Waals surface area contributed by atoms with Gasteiger partial charge in [0.2, 0.25) is 0 Å². The van der Waals surface area contributed by atoms with Gasteiger partial charge in [-0.15, -0.1) is 0 Å². The Hall–Kier alpha value is -0.0800. The monoisotopic (exact) mass is 268 g/mol. The van der Waals surface area contributed by atoms with Crippen molar-refractivity contribution in [2.24, 2.45) is 17.1 Å². The maximum atomic E-state index is 6.44. The van der Waals surface area contributed by atoms with Gasteiger partial charge in [0.15, 0.2) is 0 Å². The molecular weight excluding hydrogens is 232 g/mol. The predicted octanol–water partition coefficient (Wildman–Crippen LogP) is 4.04. The maximum absolute atomic E-state index is 6.44. The molecule has 0 aromatic carbocycles. The summed E-state index contributed by atoms with van der Waals surface area (Å²) in [5, 5.41) is 0. The lowest BCUT2D eigenvalue weighted by atomic mass is 9.80. The van der Waals surface area contributed by atoms with Crippen LogP contribution in [0.5, 0.6) is 0 Å². The van der Waals surface area contributed by atoms with E-state index in [9.17, 15) is 0 Å². The molecule has 114 valence electrons. The number of likely N-dealkylation sites (tertiary alicyclic amines) is 1. The van der Waals surface area contributed by atoms with E-state index in [1.165, 1.54) is 45.2 Å². The minimum absolute atomic E-state index is 0.278. The Kier molecular flexibility index (Phi) is 6.82. The molecule has 1 aliphatic rings. The Balaban J connectivity index is 2.69. The summed E-state index contributed by atoms with van der Waals surface area (Å²) in [5.74, 6) is 0.952. The third kappa shape index (κ3) is 5.07. The molecule has 0 saturated carbocycles. The molecule has 0 spiro atoms. The smallest absolute Gasteiger partial charge is 0.0295 e. The van der Waals surface area contributed by atoms with Crippen LogP contribution in [0, 0.1) is 11.3 Å². The van der Waals surface area contributed by atoms with Crippen molar-refractivity contribution in [1.29, 1.82) is 0 Å². The molecule has 3 atom stereocenters. The van der Waals surface area contributed by atoms with Gasteiger partial charge in [0.25, 0.3) is 0 Å². The van der Waals surface area contributed by atoms with Crippen LogP contribution in [0.4, 0.5) is 0 Å². The summed E-state index contributed by atoms with van der Waals surface area (Å²) in [6.45, 7) is 14.1. The van der Waals surface area contributed by atoms with E-state index in [1.807, 2.05) is 0 Å². The Morgan fingerprint density at radius 2 is 1.84 bits per heavy atom. The number of hydrogen-bond donors (Lipinski definition) is 1. The highest BCUT2D eigenvalue weighted by atomic mass is 15.2. The summed E-state index contributed by atoms with van der Waals surface area (Å²) in [6, 6.07) is 0.834. The van der Waals surface area contributed by atoms with Crippen LogP contribution in [0.3, 0.4) is 0 Å². The van der Waals surface area contributed by atoms with Crippen LogP contribution >= 0.6 is 0 Å². The first kappa shape index (κ1) is 17.0. The highest BCUT2D eigenvalue weighted by Crippen LogP contribution is 2.31. The van der Waals surface area contributed by atoms with Crippen molar-refractivity contribution in [3.63, 3.8) is 0 Å². The van der Waals surface area contributed by atoms with E-state index in [4.69, 9.17) is 5.73 Å². The highest BCUT2D eigenvalue weighted by Gasteiger charge is 2.35. The molecule has 1 heterocycles. The molecule has 19 heavy (non-hydrogen) atoms. The average molecular weight is 268 g/mol. The van der Waals surface area contributed by atoms with Crippen molar-refractivity contribution in [3.05, 3.63) is 0 Å². The van der Waals surface area contributed by atoms with E-state index in [2.05, 4.69) is 39.5 Å². The summed E-state index contributed by atoms with van der Waals surface area (Å²) >= 11 is 0. The standard InChI is InChI=1S/C17H36N2/c1-6-9-14-10-8-12-19(13-11-14)16(15(18)7-2)17(3,4)5/h14-16H,6-13,18H2,1-5H3. The van der Waals surface area contributed by atoms with Crippen LogP contribution in [0.1, 0.15) is 73.1 Å². The van der Waals surface area contributed by atoms with Crippen LogP contribution in [0.25, 0.3) is 0 Å². The van der Waals surface area contributed by atoms with E-state index in [0.717, 1.165) is 12.3 Å². The van der Waals surface area contributed by atoms with Gasteiger partial charge in [-0.05, 0) is 50.1 Å². The zero-order valence-corrected chi connectivity index (χ0v) is 13.9. The maximum Gasteiger partial charge on any atom is 0.0295 e. The topological polar surface area (TPSA) is 29.3 Å². The summed E-state index contributed by atoms with van der Waals surface area (Å²) in [7, 11) is 0. The molecule has 2 nitrogen and oxygen atoms in total. The molecule has 2 N–H and O–H groups in total. The summed E-state index contributed by atoms with van der Waals surface area (Å²) in [4.78, 5) is 2.70. The quantitative estimate of drug-likeness (QED) is 0.815. The van der Waals surface area contributed by atoms with E-state index in [0.29, 0.717) is 12.1 Å². The van der Waals surface area contributed by atoms with E-state index in [-0.39, 0.29) is 5.41 Å². The van der Waals surface area contributed by atoms with Gasteiger partial charge in [-0.25, -0.2) is 0 Å². The SMILES string of the molecule is CCCC1CCCN(C(C(N)CC)C(C)(C)C)CC1. The van der Waals surface area contributed by atoms with Crippen molar-refractivity contribution in [1.82, 2.24) is 4.90 Å². The van der Waals surface area contributed by atoms with Crippen LogP contribution in [-0.2, 0) is 0 Å². The van der Waals surface area contributed by atoms with Crippen LogP contribution in [0.2, 0.25) is 0 Å². The molecule has 1 rings (SSSR count). The first-order valence-corrected chi connectivity index (χ1v) is 8.39. The van der Waals surface area contributed by atoms with Gasteiger partial charge >= 0.3 is 0 Å². The number of nitrogens with two attached hydrogens (primary N) is 1. The number of rotatable bonds is 5. The van der Waals surface area contributed by atoms with Crippen molar-refractivity contribution >= 4 is 0 Å². The van der Waals surface area contributed by atoms with Gasteiger partial charge in [0.05, 0.1) is 0 Å². The normalized spacial score (nSPS) is 25.9. The predicted molar refractivity (Wildman–Crippen MR) is 85.3 cm³/mol. The largest absolute Gasteiger partial charge is 0.326 e. The molecule has 0 aromatic rings. The van der Waals surface area contributed by atoms with Crippen molar-refractivity contribution < 1.29 is 0 Å². The lowest BCUT2D eigenvalue weighted by Gasteiger charge is -2.43. The molecule has 1 aliphatic heterocycles. The van der Waals surface area contributed by atoms with Gasteiger partial charge in [0.1, 0.15) is 0 Å². The Labute approximate surface area is 121 Å². The molecular formula is C17H36N2. The lowest BCUT2D eigenvalue weighted by Crippen LogP contribution is -2.54. The summed E-state index contributed by atoms with van der Waals surface area (Å²) in [6.07, 6.45) is 7.97. The molecule has 0 aromatic heterocycles. The first-order valence-electron chi connectivity index (χ1n) is 8.39. The third-order valence-electron chi connectivity index (χ3n) is 4.74. The number of hydrogen-bond acceptors (Lipinski definition) is 2. The second-order valence-electron chi connectivity index (χ2n) is 7.50. The second kappa shape index (κ2) is 7.64.